The van der Waals surface area contributed by atoms with Gasteiger partial charge >= 0.3 is 0 Å². The van der Waals surface area contributed by atoms with E-state index in [1.807, 2.05) is 12.3 Å². The molecule has 2 rings (SSSR count). The Kier molecular flexibility index (Phi) is 3.29. The van der Waals surface area contributed by atoms with Crippen LogP contribution in [0.4, 0.5) is 11.5 Å². The molecule has 0 aliphatic carbocycles. The first-order valence-electron chi connectivity index (χ1n) is 5.82. The lowest BCUT2D eigenvalue weighted by atomic mass is 10.2. The van der Waals surface area contributed by atoms with Crippen molar-refractivity contribution in [2.45, 2.75) is 13.3 Å². The zero-order valence-electron chi connectivity index (χ0n) is 10.1. The fraction of sp³-hybridized carbons (Fsp3) is 0.583. The minimum absolute atomic E-state index is 0.605. The van der Waals surface area contributed by atoms with Crippen LogP contribution in [-0.4, -0.2) is 43.1 Å². The highest BCUT2D eigenvalue weighted by Crippen LogP contribution is 2.21. The minimum atomic E-state index is 0.605. The second kappa shape index (κ2) is 4.70. The van der Waals surface area contributed by atoms with E-state index in [4.69, 9.17) is 5.73 Å². The molecule has 88 valence electrons. The lowest BCUT2D eigenvalue weighted by Crippen LogP contribution is -2.29. The number of hydrogen-bond acceptors (Lipinski definition) is 4. The van der Waals surface area contributed by atoms with Crippen LogP contribution >= 0.6 is 0 Å². The summed E-state index contributed by atoms with van der Waals surface area (Å²) in [6, 6.07) is 1.95. The van der Waals surface area contributed by atoms with Crippen molar-refractivity contribution in [2.24, 2.45) is 0 Å². The van der Waals surface area contributed by atoms with Crippen LogP contribution in [0.15, 0.2) is 12.3 Å². The van der Waals surface area contributed by atoms with Gasteiger partial charge in [0.2, 0.25) is 0 Å². The predicted molar refractivity (Wildman–Crippen MR) is 67.7 cm³/mol. The van der Waals surface area contributed by atoms with Crippen molar-refractivity contribution >= 4 is 11.5 Å². The molecule has 4 heteroatoms. The molecule has 1 aliphatic rings. The third kappa shape index (κ3) is 2.44. The largest absolute Gasteiger partial charge is 0.384 e. The van der Waals surface area contributed by atoms with Crippen molar-refractivity contribution in [3.05, 3.63) is 17.8 Å². The first-order valence-corrected chi connectivity index (χ1v) is 5.82. The molecule has 1 aromatic rings. The Balaban J connectivity index is 2.16. The fourth-order valence-electron chi connectivity index (χ4n) is 2.19. The van der Waals surface area contributed by atoms with Crippen molar-refractivity contribution in [3.63, 3.8) is 0 Å². The average Bonchev–Trinajstić information content (AvgIpc) is 2.43. The van der Waals surface area contributed by atoms with E-state index in [1.54, 1.807) is 0 Å². The molecule has 2 N–H and O–H groups in total. The zero-order valence-corrected chi connectivity index (χ0v) is 10.1. The Bertz CT molecular complexity index is 364. The fourth-order valence-corrected chi connectivity index (χ4v) is 2.19. The summed E-state index contributed by atoms with van der Waals surface area (Å²) in [4.78, 5) is 8.97. The van der Waals surface area contributed by atoms with Gasteiger partial charge in [0.25, 0.3) is 0 Å². The Hall–Kier alpha value is -1.29. The zero-order chi connectivity index (χ0) is 11.5. The third-order valence-corrected chi connectivity index (χ3v) is 3.16. The van der Waals surface area contributed by atoms with Crippen molar-refractivity contribution in [2.75, 3.05) is 43.9 Å². The molecule has 0 aromatic carbocycles. The number of hydrogen-bond donors (Lipinski definition) is 1. The molecule has 1 fully saturated rings. The maximum atomic E-state index is 5.67. The van der Waals surface area contributed by atoms with Gasteiger partial charge in [-0.2, -0.15) is 0 Å². The van der Waals surface area contributed by atoms with Crippen molar-refractivity contribution in [1.82, 2.24) is 9.88 Å². The van der Waals surface area contributed by atoms with Gasteiger partial charge in [0.05, 0.1) is 11.9 Å². The second-order valence-electron chi connectivity index (χ2n) is 4.54. The molecule has 0 radical (unpaired) electrons. The van der Waals surface area contributed by atoms with Crippen LogP contribution in [0.5, 0.6) is 0 Å². The van der Waals surface area contributed by atoms with Crippen LogP contribution in [0.25, 0.3) is 0 Å². The van der Waals surface area contributed by atoms with Crippen LogP contribution in [0.1, 0.15) is 12.0 Å². The molecule has 0 spiro atoms. The molecule has 0 saturated carbocycles. The van der Waals surface area contributed by atoms with E-state index in [1.165, 1.54) is 24.2 Å². The van der Waals surface area contributed by atoms with Gasteiger partial charge < -0.3 is 15.5 Å². The second-order valence-corrected chi connectivity index (χ2v) is 4.54. The summed E-state index contributed by atoms with van der Waals surface area (Å²) >= 11 is 0. The van der Waals surface area contributed by atoms with Crippen LogP contribution in [-0.2, 0) is 0 Å². The monoisotopic (exact) mass is 220 g/mol. The summed E-state index contributed by atoms with van der Waals surface area (Å²) in [6.45, 7) is 6.57. The summed E-state index contributed by atoms with van der Waals surface area (Å²) in [5, 5.41) is 0. The number of nitrogen functional groups attached to an aromatic ring is 1. The standard InChI is InChI=1S/C12H20N4/c1-10-8-12(13)14-9-11(10)16-5-3-4-15(2)6-7-16/h8-9H,3-7H2,1-2H3,(H2,13,14). The molecule has 16 heavy (non-hydrogen) atoms. The Morgan fingerprint density at radius 1 is 1.25 bits per heavy atom. The Labute approximate surface area is 97.1 Å². The van der Waals surface area contributed by atoms with Gasteiger partial charge in [-0.1, -0.05) is 0 Å². The van der Waals surface area contributed by atoms with E-state index < -0.39 is 0 Å². The SMILES string of the molecule is Cc1cc(N)ncc1N1CCCN(C)CC1. The molecule has 0 unspecified atom stereocenters. The van der Waals surface area contributed by atoms with Crippen molar-refractivity contribution < 1.29 is 0 Å². The molecule has 2 heterocycles. The number of aromatic nitrogens is 1. The molecule has 1 aliphatic heterocycles. The van der Waals surface area contributed by atoms with Crippen LogP contribution in [0, 0.1) is 6.92 Å². The van der Waals surface area contributed by atoms with Gasteiger partial charge in [0, 0.05) is 19.6 Å². The lowest BCUT2D eigenvalue weighted by Gasteiger charge is -2.24. The van der Waals surface area contributed by atoms with Gasteiger partial charge in [0.15, 0.2) is 0 Å². The van der Waals surface area contributed by atoms with Gasteiger partial charge in [-0.05, 0) is 38.6 Å². The van der Waals surface area contributed by atoms with Gasteiger partial charge in [-0.15, -0.1) is 0 Å². The number of nitrogens with zero attached hydrogens (tertiary/aromatic N) is 3. The summed E-state index contributed by atoms with van der Waals surface area (Å²) in [5.74, 6) is 0.605. The third-order valence-electron chi connectivity index (χ3n) is 3.16. The van der Waals surface area contributed by atoms with Crippen LogP contribution < -0.4 is 10.6 Å². The van der Waals surface area contributed by atoms with E-state index in [9.17, 15) is 0 Å². The van der Waals surface area contributed by atoms with Crippen molar-refractivity contribution in [1.29, 1.82) is 0 Å². The normalized spacial score (nSPS) is 18.5. The number of anilines is 2. The number of aryl methyl sites for hydroxylation is 1. The first kappa shape index (κ1) is 11.2. The van der Waals surface area contributed by atoms with Gasteiger partial charge in [-0.25, -0.2) is 4.98 Å². The van der Waals surface area contributed by atoms with E-state index >= 15 is 0 Å². The smallest absolute Gasteiger partial charge is 0.123 e. The van der Waals surface area contributed by atoms with E-state index in [2.05, 4.69) is 28.8 Å². The summed E-state index contributed by atoms with van der Waals surface area (Å²) in [6.07, 6.45) is 3.11. The van der Waals surface area contributed by atoms with Gasteiger partial charge in [0.1, 0.15) is 5.82 Å². The number of likely N-dealkylation sites (N-methyl/N-ethyl adjacent to an activating group) is 1. The molecule has 1 saturated heterocycles. The molecule has 0 bridgehead atoms. The minimum Gasteiger partial charge on any atom is -0.384 e. The number of rotatable bonds is 1. The first-order chi connectivity index (χ1) is 7.66. The highest BCUT2D eigenvalue weighted by atomic mass is 15.2. The lowest BCUT2D eigenvalue weighted by molar-refractivity contribution is 0.360. The average molecular weight is 220 g/mol. The topological polar surface area (TPSA) is 45.4 Å². The molecular formula is C12H20N4. The quantitative estimate of drug-likeness (QED) is 0.770. The maximum absolute atomic E-state index is 5.67. The maximum Gasteiger partial charge on any atom is 0.123 e. The van der Waals surface area contributed by atoms with E-state index in [0.29, 0.717) is 5.82 Å². The summed E-state index contributed by atoms with van der Waals surface area (Å²) in [7, 11) is 2.18. The Morgan fingerprint density at radius 3 is 2.81 bits per heavy atom. The molecular weight excluding hydrogens is 200 g/mol. The van der Waals surface area contributed by atoms with Crippen LogP contribution in [0.3, 0.4) is 0 Å². The van der Waals surface area contributed by atoms with E-state index in [-0.39, 0.29) is 0 Å². The molecule has 1 aromatic heterocycles. The van der Waals surface area contributed by atoms with Crippen molar-refractivity contribution in [3.8, 4) is 0 Å². The highest BCUT2D eigenvalue weighted by Gasteiger charge is 2.14. The predicted octanol–water partition coefficient (Wildman–Crippen LogP) is 1.11. The summed E-state index contributed by atoms with van der Waals surface area (Å²) < 4.78 is 0. The summed E-state index contributed by atoms with van der Waals surface area (Å²) in [5.41, 5.74) is 8.12. The number of pyridine rings is 1. The highest BCUT2D eigenvalue weighted by molar-refractivity contribution is 5.55. The van der Waals surface area contributed by atoms with Gasteiger partial charge in [-0.3, -0.25) is 0 Å². The molecule has 4 nitrogen and oxygen atoms in total. The number of nitrogens with two attached hydrogens (primary N) is 1. The molecule has 0 atom stereocenters. The van der Waals surface area contributed by atoms with Crippen LogP contribution in [0.2, 0.25) is 0 Å². The van der Waals surface area contributed by atoms with E-state index in [0.717, 1.165) is 19.6 Å². The molecule has 0 amide bonds. The Morgan fingerprint density at radius 2 is 2.06 bits per heavy atom.